The predicted molar refractivity (Wildman–Crippen MR) is 68.5 cm³/mol. The number of nitrogens with two attached hydrogens (primary N) is 1. The fraction of sp³-hybridized carbons (Fsp3) is 0.923. The average molecular weight is 242 g/mol. The zero-order valence-electron chi connectivity index (χ0n) is 10.9. The second-order valence-electron chi connectivity index (χ2n) is 5.33. The van der Waals surface area contributed by atoms with E-state index in [-0.39, 0.29) is 11.8 Å². The van der Waals surface area contributed by atoms with Gasteiger partial charge < -0.3 is 16.2 Å². The van der Waals surface area contributed by atoms with Gasteiger partial charge in [0.15, 0.2) is 0 Å². The highest BCUT2D eigenvalue weighted by Crippen LogP contribution is 2.27. The van der Waals surface area contributed by atoms with Crippen LogP contribution in [-0.4, -0.2) is 29.7 Å². The summed E-state index contributed by atoms with van der Waals surface area (Å²) >= 11 is 0. The largest absolute Gasteiger partial charge is 0.388 e. The Morgan fingerprint density at radius 3 is 2.65 bits per heavy atom. The summed E-state index contributed by atoms with van der Waals surface area (Å²) in [7, 11) is 0. The molecule has 0 aromatic rings. The molecule has 1 saturated carbocycles. The third-order valence-electron chi connectivity index (χ3n) is 3.66. The molecule has 0 spiro atoms. The first-order valence-corrected chi connectivity index (χ1v) is 6.77. The minimum absolute atomic E-state index is 0.00857. The Labute approximate surface area is 104 Å². The quantitative estimate of drug-likeness (QED) is 0.654. The van der Waals surface area contributed by atoms with E-state index in [1.165, 1.54) is 6.42 Å². The van der Waals surface area contributed by atoms with Crippen molar-refractivity contribution in [2.24, 2.45) is 11.7 Å². The lowest BCUT2D eigenvalue weighted by molar-refractivity contribution is -0.126. The highest BCUT2D eigenvalue weighted by Gasteiger charge is 2.29. The van der Waals surface area contributed by atoms with E-state index in [9.17, 15) is 9.90 Å². The summed E-state index contributed by atoms with van der Waals surface area (Å²) in [5, 5.41) is 13.1. The Bertz CT molecular complexity index is 238. The van der Waals surface area contributed by atoms with Crippen molar-refractivity contribution in [1.82, 2.24) is 5.32 Å². The summed E-state index contributed by atoms with van der Waals surface area (Å²) in [5.74, 6) is 0.0307. The van der Waals surface area contributed by atoms with Crippen LogP contribution in [0, 0.1) is 5.92 Å². The van der Waals surface area contributed by atoms with Crippen LogP contribution in [0.2, 0.25) is 0 Å². The van der Waals surface area contributed by atoms with E-state index >= 15 is 0 Å². The molecule has 4 nitrogen and oxygen atoms in total. The van der Waals surface area contributed by atoms with E-state index in [4.69, 9.17) is 5.73 Å². The lowest BCUT2D eigenvalue weighted by Gasteiger charge is -2.32. The fourth-order valence-corrected chi connectivity index (χ4v) is 2.37. The van der Waals surface area contributed by atoms with Crippen LogP contribution >= 0.6 is 0 Å². The third kappa shape index (κ3) is 5.04. The Morgan fingerprint density at radius 1 is 1.41 bits per heavy atom. The van der Waals surface area contributed by atoms with Crippen LogP contribution in [0.1, 0.15) is 51.9 Å². The topological polar surface area (TPSA) is 75.4 Å². The van der Waals surface area contributed by atoms with E-state index in [0.29, 0.717) is 13.1 Å². The molecular formula is C13H26N2O2. The molecule has 0 bridgehead atoms. The van der Waals surface area contributed by atoms with E-state index in [1.807, 2.05) is 6.92 Å². The van der Waals surface area contributed by atoms with E-state index in [2.05, 4.69) is 5.32 Å². The van der Waals surface area contributed by atoms with Gasteiger partial charge in [0.1, 0.15) is 0 Å². The lowest BCUT2D eigenvalue weighted by Crippen LogP contribution is -2.45. The second kappa shape index (κ2) is 6.97. The minimum Gasteiger partial charge on any atom is -0.388 e. The number of aliphatic hydroxyl groups is 1. The van der Waals surface area contributed by atoms with Gasteiger partial charge in [0, 0.05) is 12.5 Å². The summed E-state index contributed by atoms with van der Waals surface area (Å²) in [6.45, 7) is 2.94. The predicted octanol–water partition coefficient (Wildman–Crippen LogP) is 1.17. The van der Waals surface area contributed by atoms with Gasteiger partial charge in [-0.2, -0.15) is 0 Å². The molecule has 1 atom stereocenters. The molecule has 100 valence electrons. The number of hydrogen-bond donors (Lipinski definition) is 3. The molecule has 0 aliphatic heterocycles. The van der Waals surface area contributed by atoms with Crippen molar-refractivity contribution in [3.63, 3.8) is 0 Å². The molecule has 1 rings (SSSR count). The second-order valence-corrected chi connectivity index (χ2v) is 5.33. The molecule has 1 unspecified atom stereocenters. The molecule has 1 amide bonds. The summed E-state index contributed by atoms with van der Waals surface area (Å²) in [5.41, 5.74) is 4.75. The maximum absolute atomic E-state index is 11.8. The first kappa shape index (κ1) is 14.5. The summed E-state index contributed by atoms with van der Waals surface area (Å²) in [4.78, 5) is 11.8. The van der Waals surface area contributed by atoms with Gasteiger partial charge in [-0.3, -0.25) is 4.79 Å². The molecule has 1 fully saturated rings. The van der Waals surface area contributed by atoms with Crippen LogP contribution in [0.15, 0.2) is 0 Å². The zero-order valence-corrected chi connectivity index (χ0v) is 10.9. The number of amides is 1. The molecule has 0 aromatic heterocycles. The molecule has 17 heavy (non-hydrogen) atoms. The monoisotopic (exact) mass is 242 g/mol. The highest BCUT2D eigenvalue weighted by molar-refractivity contribution is 5.78. The first-order valence-electron chi connectivity index (χ1n) is 6.77. The molecule has 0 radical (unpaired) electrons. The van der Waals surface area contributed by atoms with Crippen molar-refractivity contribution in [3.8, 4) is 0 Å². The van der Waals surface area contributed by atoms with Gasteiger partial charge in [0.2, 0.25) is 5.91 Å². The van der Waals surface area contributed by atoms with Gasteiger partial charge in [-0.1, -0.05) is 26.2 Å². The van der Waals surface area contributed by atoms with Crippen molar-refractivity contribution in [2.45, 2.75) is 57.5 Å². The van der Waals surface area contributed by atoms with Crippen molar-refractivity contribution in [1.29, 1.82) is 0 Å². The Hall–Kier alpha value is -0.610. The number of hydrogen-bond acceptors (Lipinski definition) is 3. The number of nitrogens with one attached hydrogen (secondary N) is 1. The van der Waals surface area contributed by atoms with Gasteiger partial charge in [-0.05, 0) is 32.2 Å². The first-order chi connectivity index (χ1) is 8.07. The normalized spacial score (nSPS) is 20.9. The van der Waals surface area contributed by atoms with Crippen LogP contribution in [0.5, 0.6) is 0 Å². The number of carbonyl (C=O) groups excluding carboxylic acids is 1. The fourth-order valence-electron chi connectivity index (χ4n) is 2.37. The van der Waals surface area contributed by atoms with Crippen molar-refractivity contribution < 1.29 is 9.90 Å². The summed E-state index contributed by atoms with van der Waals surface area (Å²) in [6.07, 6.45) is 6.64. The standard InChI is InChI=1S/C13H26N2O2/c1-11(6-5-9-14)12(16)15-10-13(17)7-3-2-4-8-13/h11,17H,2-10,14H2,1H3,(H,15,16). The number of rotatable bonds is 6. The van der Waals surface area contributed by atoms with Gasteiger partial charge in [-0.15, -0.1) is 0 Å². The van der Waals surface area contributed by atoms with Gasteiger partial charge in [0.05, 0.1) is 5.60 Å². The smallest absolute Gasteiger partial charge is 0.222 e. The molecule has 0 aromatic carbocycles. The Kier molecular flexibility index (Phi) is 5.92. The van der Waals surface area contributed by atoms with Crippen LogP contribution < -0.4 is 11.1 Å². The maximum Gasteiger partial charge on any atom is 0.222 e. The minimum atomic E-state index is -0.665. The average Bonchev–Trinajstić information content (AvgIpc) is 2.34. The van der Waals surface area contributed by atoms with E-state index in [0.717, 1.165) is 38.5 Å². The molecule has 1 aliphatic rings. The summed E-state index contributed by atoms with van der Waals surface area (Å²) < 4.78 is 0. The third-order valence-corrected chi connectivity index (χ3v) is 3.66. The molecule has 1 aliphatic carbocycles. The zero-order chi connectivity index (χ0) is 12.7. The highest BCUT2D eigenvalue weighted by atomic mass is 16.3. The molecule has 4 heteroatoms. The maximum atomic E-state index is 11.8. The van der Waals surface area contributed by atoms with E-state index < -0.39 is 5.60 Å². The Balaban J connectivity index is 2.26. The van der Waals surface area contributed by atoms with Crippen molar-refractivity contribution in [2.75, 3.05) is 13.1 Å². The van der Waals surface area contributed by atoms with Crippen molar-refractivity contribution >= 4 is 5.91 Å². The van der Waals surface area contributed by atoms with Crippen LogP contribution in [-0.2, 0) is 4.79 Å². The van der Waals surface area contributed by atoms with Gasteiger partial charge >= 0.3 is 0 Å². The van der Waals surface area contributed by atoms with E-state index in [1.54, 1.807) is 0 Å². The lowest BCUT2D eigenvalue weighted by atomic mass is 9.85. The summed E-state index contributed by atoms with van der Waals surface area (Å²) in [6, 6.07) is 0. The van der Waals surface area contributed by atoms with Crippen LogP contribution in [0.4, 0.5) is 0 Å². The number of carbonyl (C=O) groups is 1. The molecule has 0 saturated heterocycles. The molecule has 4 N–H and O–H groups in total. The van der Waals surface area contributed by atoms with Crippen molar-refractivity contribution in [3.05, 3.63) is 0 Å². The van der Waals surface area contributed by atoms with Gasteiger partial charge in [0.25, 0.3) is 0 Å². The van der Waals surface area contributed by atoms with Crippen LogP contribution in [0.3, 0.4) is 0 Å². The molecular weight excluding hydrogens is 216 g/mol. The molecule has 0 heterocycles. The van der Waals surface area contributed by atoms with Crippen LogP contribution in [0.25, 0.3) is 0 Å². The SMILES string of the molecule is CC(CCCN)C(=O)NCC1(O)CCCCC1. The van der Waals surface area contributed by atoms with Gasteiger partial charge in [-0.25, -0.2) is 0 Å². The Morgan fingerprint density at radius 2 is 2.06 bits per heavy atom.